The summed E-state index contributed by atoms with van der Waals surface area (Å²) in [7, 11) is 0. The van der Waals surface area contributed by atoms with Gasteiger partial charge >= 0.3 is 6.09 Å². The average Bonchev–Trinajstić information content (AvgIpc) is 3.28. The Morgan fingerprint density at radius 2 is 1.74 bits per heavy atom. The molecule has 0 saturated carbocycles. The number of anilines is 2. The molecule has 2 aliphatic heterocycles. The van der Waals surface area contributed by atoms with Crippen LogP contribution in [0.4, 0.5) is 16.6 Å². The Hall–Kier alpha value is -3.51. The number of ether oxygens (including phenoxy) is 2. The third-order valence-corrected chi connectivity index (χ3v) is 6.85. The van der Waals surface area contributed by atoms with Crippen molar-refractivity contribution in [2.75, 3.05) is 50.0 Å². The summed E-state index contributed by atoms with van der Waals surface area (Å²) >= 11 is 0. The van der Waals surface area contributed by atoms with Crippen LogP contribution in [0.5, 0.6) is 0 Å². The van der Waals surface area contributed by atoms with Crippen LogP contribution in [-0.2, 0) is 16.0 Å². The monoisotopic (exact) mass is 523 g/mol. The second kappa shape index (κ2) is 10.3. The number of amides is 1. The van der Waals surface area contributed by atoms with Crippen LogP contribution >= 0.6 is 0 Å². The van der Waals surface area contributed by atoms with E-state index in [4.69, 9.17) is 25.2 Å². The number of nitrogens with zero attached hydrogens (tertiary/aromatic N) is 8. The van der Waals surface area contributed by atoms with Gasteiger partial charge in [0, 0.05) is 75.2 Å². The van der Waals surface area contributed by atoms with Crippen LogP contribution < -0.4 is 10.6 Å². The van der Waals surface area contributed by atoms with E-state index >= 15 is 0 Å². The summed E-state index contributed by atoms with van der Waals surface area (Å²) in [5.41, 5.74) is 8.45. The summed E-state index contributed by atoms with van der Waals surface area (Å²) in [5, 5.41) is 0. The van der Waals surface area contributed by atoms with Crippen LogP contribution in [-0.4, -0.2) is 97.3 Å². The number of rotatable bonds is 4. The summed E-state index contributed by atoms with van der Waals surface area (Å²) in [6.45, 7) is 14.6. The molecule has 2 fully saturated rings. The lowest BCUT2D eigenvalue weighted by Gasteiger charge is -2.44. The molecule has 204 valence electrons. The molecule has 3 aromatic heterocycles. The summed E-state index contributed by atoms with van der Waals surface area (Å²) in [6, 6.07) is 0.297. The second-order valence-corrected chi connectivity index (χ2v) is 11.1. The van der Waals surface area contributed by atoms with E-state index in [9.17, 15) is 4.79 Å². The lowest BCUT2D eigenvalue weighted by molar-refractivity contribution is -0.00992. The van der Waals surface area contributed by atoms with Crippen LogP contribution in [0, 0.1) is 0 Å². The second-order valence-electron chi connectivity index (χ2n) is 11.1. The van der Waals surface area contributed by atoms with Crippen molar-refractivity contribution in [2.45, 2.75) is 58.8 Å². The molecule has 5 rings (SSSR count). The van der Waals surface area contributed by atoms with Gasteiger partial charge in [-0.2, -0.15) is 0 Å². The quantitative estimate of drug-likeness (QED) is 0.545. The lowest BCUT2D eigenvalue weighted by Crippen LogP contribution is -2.58. The Balaban J connectivity index is 1.41. The van der Waals surface area contributed by atoms with Crippen molar-refractivity contribution in [3.8, 4) is 11.3 Å². The summed E-state index contributed by atoms with van der Waals surface area (Å²) in [6.07, 6.45) is 7.12. The van der Waals surface area contributed by atoms with E-state index in [0.29, 0.717) is 32.8 Å². The Morgan fingerprint density at radius 3 is 2.37 bits per heavy atom. The molecule has 0 bridgehead atoms. The Bertz CT molecular complexity index is 1270. The molecule has 0 radical (unpaired) electrons. The first-order chi connectivity index (χ1) is 18.1. The van der Waals surface area contributed by atoms with Crippen molar-refractivity contribution in [3.63, 3.8) is 0 Å². The highest BCUT2D eigenvalue weighted by atomic mass is 16.6. The lowest BCUT2D eigenvalue weighted by atomic mass is 10.1. The van der Waals surface area contributed by atoms with Crippen LogP contribution in [0.15, 0.2) is 24.8 Å². The van der Waals surface area contributed by atoms with E-state index in [0.717, 1.165) is 41.5 Å². The predicted molar refractivity (Wildman–Crippen MR) is 144 cm³/mol. The average molecular weight is 524 g/mol. The van der Waals surface area contributed by atoms with Crippen molar-refractivity contribution in [3.05, 3.63) is 30.5 Å². The molecule has 38 heavy (non-hydrogen) atoms. The highest BCUT2D eigenvalue weighted by Crippen LogP contribution is 2.27. The summed E-state index contributed by atoms with van der Waals surface area (Å²) < 4.78 is 13.2. The van der Waals surface area contributed by atoms with Gasteiger partial charge in [0.05, 0.1) is 24.6 Å². The number of nitrogens with two attached hydrogens (primary N) is 1. The standard InChI is InChI=1S/C26H37N9O3/c1-17-12-34(25(36)38-26(3,4)5)13-18(2)35(17)15-20-14-33-16-21(19-10-28-24(27)29-11-19)31-23(22(33)30-20)32-6-8-37-9-7-32/h10-11,14,16-18H,6-9,12-13,15H2,1-5H3,(H2,27,28,29)/t17-,18+. The highest BCUT2D eigenvalue weighted by Gasteiger charge is 2.34. The topological polar surface area (TPSA) is 127 Å². The van der Waals surface area contributed by atoms with Crippen molar-refractivity contribution >= 4 is 23.5 Å². The fourth-order valence-electron chi connectivity index (χ4n) is 5.04. The van der Waals surface area contributed by atoms with E-state index < -0.39 is 5.60 Å². The van der Waals surface area contributed by atoms with Crippen LogP contribution in [0.2, 0.25) is 0 Å². The first-order valence-corrected chi connectivity index (χ1v) is 13.1. The molecule has 2 saturated heterocycles. The van der Waals surface area contributed by atoms with Gasteiger partial charge in [0.1, 0.15) is 5.60 Å². The number of fused-ring (bicyclic) bond motifs is 1. The molecule has 3 aromatic rings. The van der Waals surface area contributed by atoms with Crippen LogP contribution in [0.1, 0.15) is 40.3 Å². The largest absolute Gasteiger partial charge is 0.444 e. The zero-order valence-electron chi connectivity index (χ0n) is 22.8. The number of hydrogen-bond acceptors (Lipinski definition) is 10. The fourth-order valence-corrected chi connectivity index (χ4v) is 5.04. The molecular formula is C26H37N9O3. The van der Waals surface area contributed by atoms with Crippen LogP contribution in [0.3, 0.4) is 0 Å². The Morgan fingerprint density at radius 1 is 1.08 bits per heavy atom. The maximum Gasteiger partial charge on any atom is 0.410 e. The third kappa shape index (κ3) is 5.65. The zero-order chi connectivity index (χ0) is 27.0. The van der Waals surface area contributed by atoms with E-state index in [1.807, 2.05) is 36.3 Å². The molecular weight excluding hydrogens is 486 g/mol. The van der Waals surface area contributed by atoms with E-state index in [1.165, 1.54) is 0 Å². The smallest absolute Gasteiger partial charge is 0.410 e. The molecule has 0 unspecified atom stereocenters. The van der Waals surface area contributed by atoms with Gasteiger partial charge in [-0.1, -0.05) is 0 Å². The maximum atomic E-state index is 12.7. The van der Waals surface area contributed by atoms with Gasteiger partial charge in [0.2, 0.25) is 5.95 Å². The van der Waals surface area contributed by atoms with Crippen molar-refractivity contribution in [2.24, 2.45) is 0 Å². The maximum absolute atomic E-state index is 12.7. The van der Waals surface area contributed by atoms with Gasteiger partial charge < -0.3 is 29.4 Å². The minimum absolute atomic E-state index is 0.149. The van der Waals surface area contributed by atoms with Crippen molar-refractivity contribution < 1.29 is 14.3 Å². The molecule has 12 heteroatoms. The number of carbonyl (C=O) groups is 1. The molecule has 2 atom stereocenters. The predicted octanol–water partition coefficient (Wildman–Crippen LogP) is 2.43. The Kier molecular flexibility index (Phi) is 7.10. The van der Waals surface area contributed by atoms with E-state index in [-0.39, 0.29) is 24.1 Å². The minimum atomic E-state index is -0.513. The molecule has 0 aromatic carbocycles. The number of carbonyl (C=O) groups excluding carboxylic acids is 1. The molecule has 2 N–H and O–H groups in total. The zero-order valence-corrected chi connectivity index (χ0v) is 22.8. The molecule has 0 aliphatic carbocycles. The molecule has 1 amide bonds. The van der Waals surface area contributed by atoms with Gasteiger partial charge in [-0.05, 0) is 34.6 Å². The third-order valence-electron chi connectivity index (χ3n) is 6.85. The molecule has 0 spiro atoms. The molecule has 12 nitrogen and oxygen atoms in total. The first kappa shape index (κ1) is 26.1. The number of morpholine rings is 1. The van der Waals surface area contributed by atoms with Gasteiger partial charge in [-0.3, -0.25) is 4.90 Å². The van der Waals surface area contributed by atoms with Crippen LogP contribution in [0.25, 0.3) is 16.9 Å². The van der Waals surface area contributed by atoms with Gasteiger partial charge in [-0.25, -0.2) is 24.7 Å². The number of imidazole rings is 1. The van der Waals surface area contributed by atoms with Gasteiger partial charge in [0.15, 0.2) is 11.5 Å². The van der Waals surface area contributed by atoms with Gasteiger partial charge in [-0.15, -0.1) is 0 Å². The van der Waals surface area contributed by atoms with Crippen molar-refractivity contribution in [1.82, 2.24) is 34.1 Å². The van der Waals surface area contributed by atoms with Gasteiger partial charge in [0.25, 0.3) is 0 Å². The fraction of sp³-hybridized carbons (Fsp3) is 0.577. The number of piperazine rings is 1. The number of nitrogen functional groups attached to an aromatic ring is 1. The molecule has 5 heterocycles. The highest BCUT2D eigenvalue weighted by molar-refractivity contribution is 5.70. The van der Waals surface area contributed by atoms with Crippen molar-refractivity contribution in [1.29, 1.82) is 0 Å². The van der Waals surface area contributed by atoms with E-state index in [1.54, 1.807) is 12.4 Å². The number of aromatic nitrogens is 5. The summed E-state index contributed by atoms with van der Waals surface area (Å²) in [5.74, 6) is 1.04. The summed E-state index contributed by atoms with van der Waals surface area (Å²) in [4.78, 5) is 37.4. The SMILES string of the molecule is C[C@@H]1CN(C(=O)OC(C)(C)C)C[C@H](C)N1Cc1cn2cc(-c3cnc(N)nc3)nc(N3CCOCC3)c2n1. The number of hydrogen-bond donors (Lipinski definition) is 1. The minimum Gasteiger partial charge on any atom is -0.444 e. The van der Waals surface area contributed by atoms with E-state index in [2.05, 4.69) is 39.8 Å². The first-order valence-electron chi connectivity index (χ1n) is 13.1. The molecule has 2 aliphatic rings. The Labute approximate surface area is 222 Å². The normalized spacial score (nSPS) is 21.2.